The molecule has 0 aliphatic carbocycles. The first-order valence-corrected chi connectivity index (χ1v) is 4.72. The molecule has 12 heavy (non-hydrogen) atoms. The van der Waals surface area contributed by atoms with Gasteiger partial charge in [-0.25, -0.2) is 0 Å². The summed E-state index contributed by atoms with van der Waals surface area (Å²) in [6.45, 7) is 16.3. The highest BCUT2D eigenvalue weighted by Gasteiger charge is 2.25. The minimum absolute atomic E-state index is 0.00347. The second kappa shape index (κ2) is 5.15. The molecule has 0 radical (unpaired) electrons. The molecule has 0 heterocycles. The van der Waals surface area contributed by atoms with Crippen LogP contribution >= 0.6 is 0 Å². The summed E-state index contributed by atoms with van der Waals surface area (Å²) in [6, 6.07) is 0. The summed E-state index contributed by atoms with van der Waals surface area (Å²) in [4.78, 5) is 2.37. The molecule has 0 saturated carbocycles. The predicted molar refractivity (Wildman–Crippen MR) is 56.3 cm³/mol. The summed E-state index contributed by atoms with van der Waals surface area (Å²) in [5.74, 6) is 0. The Morgan fingerprint density at radius 1 is 1.08 bits per heavy atom. The molecule has 0 atom stereocenters. The fourth-order valence-electron chi connectivity index (χ4n) is 1.67. The summed E-state index contributed by atoms with van der Waals surface area (Å²) in [5.41, 5.74) is 0.00347. The van der Waals surface area contributed by atoms with E-state index in [-0.39, 0.29) is 5.54 Å². The number of likely N-dealkylation sites (N-methyl/N-ethyl adjacent to an activating group) is 1. The van der Waals surface area contributed by atoms with Crippen molar-refractivity contribution in [2.45, 2.75) is 32.7 Å². The van der Waals surface area contributed by atoms with Crippen LogP contribution in [0.4, 0.5) is 0 Å². The van der Waals surface area contributed by atoms with Gasteiger partial charge in [0, 0.05) is 0 Å². The highest BCUT2D eigenvalue weighted by Crippen LogP contribution is 2.21. The van der Waals surface area contributed by atoms with E-state index in [1.54, 1.807) is 0 Å². The monoisotopic (exact) mass is 167 g/mol. The molecule has 0 unspecified atom stereocenters. The molecular weight excluding hydrogens is 146 g/mol. The van der Waals surface area contributed by atoms with E-state index < -0.39 is 0 Å². The number of hydrogen-bond donors (Lipinski definition) is 0. The SMILES string of the molecule is C=CC(C=C)(CC)N(CC)CC. The summed E-state index contributed by atoms with van der Waals surface area (Å²) in [6.07, 6.45) is 5.03. The standard InChI is InChI=1S/C11H21N/c1-6-11(7-2,8-3)12(9-4)10-5/h6-7H,1-2,8-10H2,3-5H3. The lowest BCUT2D eigenvalue weighted by Crippen LogP contribution is -2.44. The van der Waals surface area contributed by atoms with Gasteiger partial charge in [0.2, 0.25) is 0 Å². The summed E-state index contributed by atoms with van der Waals surface area (Å²) in [5, 5.41) is 0. The van der Waals surface area contributed by atoms with Crippen LogP contribution in [0.3, 0.4) is 0 Å². The zero-order valence-corrected chi connectivity index (χ0v) is 8.64. The van der Waals surface area contributed by atoms with Crippen molar-refractivity contribution in [1.29, 1.82) is 0 Å². The highest BCUT2D eigenvalue weighted by atomic mass is 15.2. The second-order valence-electron chi connectivity index (χ2n) is 2.93. The lowest BCUT2D eigenvalue weighted by atomic mass is 9.94. The maximum Gasteiger partial charge on any atom is 0.0567 e. The maximum atomic E-state index is 3.88. The molecule has 0 rings (SSSR count). The lowest BCUT2D eigenvalue weighted by molar-refractivity contribution is 0.185. The Balaban J connectivity index is 4.65. The molecular formula is C11H21N. The van der Waals surface area contributed by atoms with Crippen LogP contribution in [0.5, 0.6) is 0 Å². The largest absolute Gasteiger partial charge is 0.291 e. The van der Waals surface area contributed by atoms with Crippen molar-refractivity contribution < 1.29 is 0 Å². The van der Waals surface area contributed by atoms with Crippen molar-refractivity contribution in [3.8, 4) is 0 Å². The lowest BCUT2D eigenvalue weighted by Gasteiger charge is -2.37. The summed E-state index contributed by atoms with van der Waals surface area (Å²) in [7, 11) is 0. The zero-order valence-electron chi connectivity index (χ0n) is 8.64. The number of hydrogen-bond acceptors (Lipinski definition) is 1. The Morgan fingerprint density at radius 2 is 1.50 bits per heavy atom. The Labute approximate surface area is 76.8 Å². The van der Waals surface area contributed by atoms with Crippen LogP contribution in [0, 0.1) is 0 Å². The van der Waals surface area contributed by atoms with Crippen LogP contribution in [-0.2, 0) is 0 Å². The zero-order chi connectivity index (χ0) is 9.61. The van der Waals surface area contributed by atoms with Crippen molar-refractivity contribution in [3.05, 3.63) is 25.3 Å². The molecule has 0 aromatic rings. The minimum Gasteiger partial charge on any atom is -0.291 e. The molecule has 0 aromatic carbocycles. The molecule has 1 nitrogen and oxygen atoms in total. The van der Waals surface area contributed by atoms with Crippen LogP contribution in [0.25, 0.3) is 0 Å². The maximum absolute atomic E-state index is 3.88. The second-order valence-corrected chi connectivity index (χ2v) is 2.93. The average molecular weight is 167 g/mol. The molecule has 0 amide bonds. The van der Waals surface area contributed by atoms with Crippen molar-refractivity contribution in [2.24, 2.45) is 0 Å². The topological polar surface area (TPSA) is 3.24 Å². The van der Waals surface area contributed by atoms with E-state index in [0.29, 0.717) is 0 Å². The predicted octanol–water partition coefficient (Wildman–Crippen LogP) is 2.85. The molecule has 0 aliphatic rings. The first kappa shape index (κ1) is 11.4. The molecule has 0 bridgehead atoms. The van der Waals surface area contributed by atoms with E-state index in [1.165, 1.54) is 0 Å². The van der Waals surface area contributed by atoms with Crippen molar-refractivity contribution in [3.63, 3.8) is 0 Å². The van der Waals surface area contributed by atoms with Crippen LogP contribution < -0.4 is 0 Å². The van der Waals surface area contributed by atoms with Gasteiger partial charge in [-0.05, 0) is 19.5 Å². The molecule has 0 aliphatic heterocycles. The van der Waals surface area contributed by atoms with Gasteiger partial charge >= 0.3 is 0 Å². The third kappa shape index (κ3) is 1.98. The quantitative estimate of drug-likeness (QED) is 0.550. The minimum atomic E-state index is 0.00347. The van der Waals surface area contributed by atoms with Gasteiger partial charge in [0.1, 0.15) is 0 Å². The van der Waals surface area contributed by atoms with E-state index >= 15 is 0 Å². The molecule has 0 aromatic heterocycles. The van der Waals surface area contributed by atoms with Crippen molar-refractivity contribution >= 4 is 0 Å². The third-order valence-corrected chi connectivity index (χ3v) is 2.63. The highest BCUT2D eigenvalue weighted by molar-refractivity contribution is 5.14. The van der Waals surface area contributed by atoms with Gasteiger partial charge < -0.3 is 0 Å². The number of rotatable bonds is 6. The first-order valence-electron chi connectivity index (χ1n) is 4.72. The molecule has 1 heteroatoms. The molecule has 0 saturated heterocycles. The van der Waals surface area contributed by atoms with Gasteiger partial charge in [-0.1, -0.05) is 32.9 Å². The van der Waals surface area contributed by atoms with Crippen LogP contribution in [-0.4, -0.2) is 23.5 Å². The van der Waals surface area contributed by atoms with E-state index in [1.807, 2.05) is 12.2 Å². The third-order valence-electron chi connectivity index (χ3n) is 2.63. The van der Waals surface area contributed by atoms with Gasteiger partial charge in [-0.2, -0.15) is 0 Å². The molecule has 0 spiro atoms. The first-order chi connectivity index (χ1) is 5.70. The fraction of sp³-hybridized carbons (Fsp3) is 0.636. The van der Waals surface area contributed by atoms with E-state index in [2.05, 4.69) is 38.8 Å². The molecule has 70 valence electrons. The van der Waals surface area contributed by atoms with E-state index in [0.717, 1.165) is 19.5 Å². The van der Waals surface area contributed by atoms with Gasteiger partial charge in [0.05, 0.1) is 5.54 Å². The van der Waals surface area contributed by atoms with Crippen LogP contribution in [0.2, 0.25) is 0 Å². The number of nitrogens with zero attached hydrogens (tertiary/aromatic N) is 1. The smallest absolute Gasteiger partial charge is 0.0567 e. The Hall–Kier alpha value is -0.560. The Bertz CT molecular complexity index is 137. The Morgan fingerprint density at radius 3 is 1.58 bits per heavy atom. The van der Waals surface area contributed by atoms with E-state index in [4.69, 9.17) is 0 Å². The van der Waals surface area contributed by atoms with Crippen molar-refractivity contribution in [2.75, 3.05) is 13.1 Å². The van der Waals surface area contributed by atoms with Crippen LogP contribution in [0.1, 0.15) is 27.2 Å². The van der Waals surface area contributed by atoms with Gasteiger partial charge in [0.25, 0.3) is 0 Å². The fourth-order valence-corrected chi connectivity index (χ4v) is 1.67. The van der Waals surface area contributed by atoms with Crippen molar-refractivity contribution in [1.82, 2.24) is 4.90 Å². The Kier molecular flexibility index (Phi) is 4.91. The average Bonchev–Trinajstić information content (AvgIpc) is 2.14. The van der Waals surface area contributed by atoms with Gasteiger partial charge in [-0.15, -0.1) is 13.2 Å². The van der Waals surface area contributed by atoms with E-state index in [9.17, 15) is 0 Å². The normalized spacial score (nSPS) is 11.7. The van der Waals surface area contributed by atoms with Gasteiger partial charge in [-0.3, -0.25) is 4.90 Å². The molecule has 0 fully saturated rings. The molecule has 0 N–H and O–H groups in total. The van der Waals surface area contributed by atoms with Gasteiger partial charge in [0.15, 0.2) is 0 Å². The van der Waals surface area contributed by atoms with Crippen LogP contribution in [0.15, 0.2) is 25.3 Å². The summed E-state index contributed by atoms with van der Waals surface area (Å²) >= 11 is 0. The summed E-state index contributed by atoms with van der Waals surface area (Å²) < 4.78 is 0.